The number of aromatic nitrogens is 2. The highest BCUT2D eigenvalue weighted by Crippen LogP contribution is 2.16. The lowest BCUT2D eigenvalue weighted by Crippen LogP contribution is -1.95. The van der Waals surface area contributed by atoms with E-state index in [1.54, 1.807) is 0 Å². The van der Waals surface area contributed by atoms with Gasteiger partial charge in [-0.3, -0.25) is 0 Å². The molecule has 11 heavy (non-hydrogen) atoms. The smallest absolute Gasteiger partial charge is 0.143 e. The molecule has 0 bridgehead atoms. The predicted molar refractivity (Wildman–Crippen MR) is 41.7 cm³/mol. The quantitative estimate of drug-likeness (QED) is 0.405. The van der Waals surface area contributed by atoms with Gasteiger partial charge in [-0.15, -0.1) is 11.6 Å². The van der Waals surface area contributed by atoms with Crippen LogP contribution in [0.4, 0.5) is 0 Å². The Morgan fingerprint density at radius 1 is 1.55 bits per heavy atom. The molecule has 0 aromatic carbocycles. The first-order valence-electron chi connectivity index (χ1n) is 2.81. The van der Waals surface area contributed by atoms with E-state index in [1.807, 2.05) is 0 Å². The molecule has 0 aliphatic heterocycles. The molecule has 58 valence electrons. The predicted octanol–water partition coefficient (Wildman–Crippen LogP) is 1.61. The zero-order chi connectivity index (χ0) is 8.27. The summed E-state index contributed by atoms with van der Waals surface area (Å²) in [7, 11) is 0. The Morgan fingerprint density at radius 2 is 2.27 bits per heavy atom. The van der Waals surface area contributed by atoms with Crippen LogP contribution >= 0.6 is 23.2 Å². The molecule has 1 rings (SSSR count). The van der Waals surface area contributed by atoms with Crippen LogP contribution in [0.2, 0.25) is 5.15 Å². The molecule has 1 heterocycles. The summed E-state index contributed by atoms with van der Waals surface area (Å²) >= 11 is 11.1. The highest BCUT2D eigenvalue weighted by molar-refractivity contribution is 6.30. The lowest BCUT2D eigenvalue weighted by atomic mass is 10.3. The van der Waals surface area contributed by atoms with Gasteiger partial charge >= 0.3 is 0 Å². The second kappa shape index (κ2) is 3.64. The molecule has 0 saturated carbocycles. The van der Waals surface area contributed by atoms with Gasteiger partial charge in [0.25, 0.3) is 0 Å². The van der Waals surface area contributed by atoms with Gasteiger partial charge in [0, 0.05) is 0 Å². The van der Waals surface area contributed by atoms with Crippen LogP contribution in [-0.2, 0) is 4.79 Å². The molecule has 0 aliphatic carbocycles. The minimum Gasteiger partial charge on any atom is -0.301 e. The summed E-state index contributed by atoms with van der Waals surface area (Å²) < 4.78 is 0. The summed E-state index contributed by atoms with van der Waals surface area (Å²) in [6, 6.07) is 1.45. The number of carbonyl (C=O) groups is 1. The third-order valence-corrected chi connectivity index (χ3v) is 1.59. The van der Waals surface area contributed by atoms with Crippen molar-refractivity contribution in [3.8, 4) is 0 Å². The number of carbonyl (C=O) groups excluding carboxylic acids is 1. The standard InChI is InChI=1S/C6H4Cl2N2O/c7-4(2-11)5-1-6(8)10-3-9-5/h1-4H. The number of hydrogen-bond acceptors (Lipinski definition) is 3. The molecule has 0 radical (unpaired) electrons. The van der Waals surface area contributed by atoms with Crippen LogP contribution in [0.3, 0.4) is 0 Å². The van der Waals surface area contributed by atoms with Crippen LogP contribution in [0.5, 0.6) is 0 Å². The average Bonchev–Trinajstić information content (AvgIpc) is 2.03. The first-order valence-corrected chi connectivity index (χ1v) is 3.62. The molecule has 1 unspecified atom stereocenters. The summed E-state index contributed by atoms with van der Waals surface area (Å²) in [5, 5.41) is -0.460. The number of hydrogen-bond donors (Lipinski definition) is 0. The molecule has 1 aromatic rings. The van der Waals surface area contributed by atoms with Gasteiger partial charge in [-0.25, -0.2) is 9.97 Å². The van der Waals surface area contributed by atoms with Gasteiger partial charge in [0.1, 0.15) is 23.1 Å². The van der Waals surface area contributed by atoms with E-state index in [0.29, 0.717) is 12.0 Å². The summed E-state index contributed by atoms with van der Waals surface area (Å²) in [5.74, 6) is 0. The Kier molecular flexibility index (Phi) is 2.79. The van der Waals surface area contributed by atoms with Crippen molar-refractivity contribution in [2.75, 3.05) is 0 Å². The highest BCUT2D eigenvalue weighted by Gasteiger charge is 2.07. The van der Waals surface area contributed by atoms with Gasteiger partial charge in [0.15, 0.2) is 0 Å². The lowest BCUT2D eigenvalue weighted by Gasteiger charge is -1.98. The number of aldehydes is 1. The molecule has 0 spiro atoms. The molecule has 0 aliphatic rings. The fourth-order valence-electron chi connectivity index (χ4n) is 0.568. The van der Waals surface area contributed by atoms with Crippen molar-refractivity contribution in [2.24, 2.45) is 0 Å². The van der Waals surface area contributed by atoms with Crippen molar-refractivity contribution in [3.63, 3.8) is 0 Å². The van der Waals surface area contributed by atoms with E-state index in [-0.39, 0.29) is 5.15 Å². The van der Waals surface area contributed by atoms with Crippen LogP contribution in [0, 0.1) is 0 Å². The van der Waals surface area contributed by atoms with E-state index in [4.69, 9.17) is 23.2 Å². The van der Waals surface area contributed by atoms with Crippen molar-refractivity contribution >= 4 is 29.5 Å². The van der Waals surface area contributed by atoms with E-state index >= 15 is 0 Å². The Labute approximate surface area is 73.4 Å². The Morgan fingerprint density at radius 3 is 2.82 bits per heavy atom. The van der Waals surface area contributed by atoms with Crippen molar-refractivity contribution in [2.45, 2.75) is 5.38 Å². The first-order chi connectivity index (χ1) is 5.24. The SMILES string of the molecule is O=CC(Cl)c1cc(Cl)ncn1. The van der Waals surface area contributed by atoms with Crippen molar-refractivity contribution in [1.29, 1.82) is 0 Å². The molecule has 1 atom stereocenters. The van der Waals surface area contributed by atoms with E-state index < -0.39 is 5.38 Å². The summed E-state index contributed by atoms with van der Waals surface area (Å²) in [6.07, 6.45) is 1.84. The largest absolute Gasteiger partial charge is 0.301 e. The van der Waals surface area contributed by atoms with Crippen molar-refractivity contribution in [1.82, 2.24) is 9.97 Å². The molecule has 1 aromatic heterocycles. The number of rotatable bonds is 2. The van der Waals surface area contributed by atoms with Gasteiger partial charge in [-0.1, -0.05) is 11.6 Å². The van der Waals surface area contributed by atoms with Gasteiger partial charge in [-0.05, 0) is 6.07 Å². The lowest BCUT2D eigenvalue weighted by molar-refractivity contribution is -0.107. The van der Waals surface area contributed by atoms with Crippen LogP contribution in [-0.4, -0.2) is 16.3 Å². The maximum Gasteiger partial charge on any atom is 0.143 e. The summed E-state index contributed by atoms with van der Waals surface area (Å²) in [6.45, 7) is 0. The molecular formula is C6H4Cl2N2O. The second-order valence-electron chi connectivity index (χ2n) is 1.80. The highest BCUT2D eigenvalue weighted by atomic mass is 35.5. The monoisotopic (exact) mass is 190 g/mol. The summed E-state index contributed by atoms with van der Waals surface area (Å²) in [4.78, 5) is 17.6. The average molecular weight is 191 g/mol. The number of alkyl halides is 1. The van der Waals surface area contributed by atoms with Crippen molar-refractivity contribution in [3.05, 3.63) is 23.2 Å². The zero-order valence-corrected chi connectivity index (χ0v) is 6.88. The fraction of sp³-hybridized carbons (Fsp3) is 0.167. The molecule has 0 amide bonds. The summed E-state index contributed by atoms with van der Waals surface area (Å²) in [5.41, 5.74) is 0.418. The molecule has 0 saturated heterocycles. The van der Waals surface area contributed by atoms with E-state index in [1.165, 1.54) is 12.4 Å². The van der Waals surface area contributed by atoms with Gasteiger partial charge in [-0.2, -0.15) is 0 Å². The van der Waals surface area contributed by atoms with Crippen LogP contribution in [0.1, 0.15) is 11.1 Å². The van der Waals surface area contributed by atoms with Gasteiger partial charge in [0.05, 0.1) is 5.69 Å². The maximum absolute atomic E-state index is 10.2. The second-order valence-corrected chi connectivity index (χ2v) is 2.66. The normalized spacial score (nSPS) is 12.5. The Balaban J connectivity index is 2.95. The van der Waals surface area contributed by atoms with Crippen LogP contribution in [0.25, 0.3) is 0 Å². The minimum atomic E-state index is -0.740. The molecular weight excluding hydrogens is 187 g/mol. The Hall–Kier alpha value is -0.670. The van der Waals surface area contributed by atoms with Crippen molar-refractivity contribution < 1.29 is 4.79 Å². The topological polar surface area (TPSA) is 42.9 Å². The third-order valence-electron chi connectivity index (χ3n) is 1.06. The third kappa shape index (κ3) is 2.13. The van der Waals surface area contributed by atoms with Gasteiger partial charge < -0.3 is 4.79 Å². The zero-order valence-electron chi connectivity index (χ0n) is 5.37. The maximum atomic E-state index is 10.2. The fourth-order valence-corrected chi connectivity index (χ4v) is 0.843. The van der Waals surface area contributed by atoms with E-state index in [2.05, 4.69) is 9.97 Å². The van der Waals surface area contributed by atoms with Crippen LogP contribution < -0.4 is 0 Å². The minimum absolute atomic E-state index is 0.280. The van der Waals surface area contributed by atoms with E-state index in [0.717, 1.165) is 0 Å². The van der Waals surface area contributed by atoms with Gasteiger partial charge in [0.2, 0.25) is 0 Å². The van der Waals surface area contributed by atoms with E-state index in [9.17, 15) is 4.79 Å². The molecule has 0 fully saturated rings. The Bertz CT molecular complexity index is 267. The van der Waals surface area contributed by atoms with Crippen LogP contribution in [0.15, 0.2) is 12.4 Å². The molecule has 0 N–H and O–H groups in total. The molecule has 3 nitrogen and oxygen atoms in total. The number of halogens is 2. The number of nitrogens with zero attached hydrogens (tertiary/aromatic N) is 2. The molecule has 5 heteroatoms. The first kappa shape index (κ1) is 8.43.